The van der Waals surface area contributed by atoms with Crippen LogP contribution in [0.25, 0.3) is 0 Å². The number of likely N-dealkylation sites (N-methyl/N-ethyl adjacent to an activating group) is 1. The Morgan fingerprint density at radius 1 is 1.24 bits per heavy atom. The number of nitrogens with zero attached hydrogens (tertiary/aromatic N) is 2. The molecule has 0 fully saturated rings. The molecule has 0 radical (unpaired) electrons. The fourth-order valence-corrected chi connectivity index (χ4v) is 2.68. The van der Waals surface area contributed by atoms with Crippen LogP contribution in [0.15, 0.2) is 17.1 Å². The highest BCUT2D eigenvalue weighted by atomic mass is 127. The van der Waals surface area contributed by atoms with Gasteiger partial charge in [0.15, 0.2) is 17.5 Å². The van der Waals surface area contributed by atoms with Crippen molar-refractivity contribution in [2.24, 2.45) is 4.99 Å². The van der Waals surface area contributed by atoms with Crippen LogP contribution < -0.4 is 24.8 Å². The van der Waals surface area contributed by atoms with E-state index in [1.54, 1.807) is 6.07 Å². The van der Waals surface area contributed by atoms with Gasteiger partial charge in [-0.05, 0) is 33.4 Å². The zero-order valence-corrected chi connectivity index (χ0v) is 19.7. The molecule has 1 atom stereocenters. The van der Waals surface area contributed by atoms with Crippen molar-refractivity contribution in [3.63, 3.8) is 0 Å². The maximum absolute atomic E-state index is 12.7. The maximum Gasteiger partial charge on any atom is 0.387 e. The Kier molecular flexibility index (Phi) is 11.3. The zero-order chi connectivity index (χ0) is 20.5. The second kappa shape index (κ2) is 12.9. The number of benzene rings is 1. The van der Waals surface area contributed by atoms with Crippen LogP contribution in [-0.4, -0.2) is 57.0 Å². The zero-order valence-electron chi connectivity index (χ0n) is 17.3. The lowest BCUT2D eigenvalue weighted by molar-refractivity contribution is -0.0505. The minimum atomic E-state index is -2.93. The lowest BCUT2D eigenvalue weighted by Crippen LogP contribution is -2.42. The van der Waals surface area contributed by atoms with E-state index in [9.17, 15) is 8.78 Å². The number of hydrogen-bond acceptors (Lipinski definition) is 5. The molecule has 1 aliphatic rings. The quantitative estimate of drug-likeness (QED) is 0.276. The van der Waals surface area contributed by atoms with Crippen molar-refractivity contribution >= 4 is 29.9 Å². The van der Waals surface area contributed by atoms with Crippen LogP contribution in [0, 0.1) is 0 Å². The summed E-state index contributed by atoms with van der Waals surface area (Å²) in [7, 11) is 2.08. The third-order valence-corrected chi connectivity index (χ3v) is 4.62. The molecule has 0 aromatic heterocycles. The van der Waals surface area contributed by atoms with E-state index in [0.29, 0.717) is 42.2 Å². The van der Waals surface area contributed by atoms with Crippen molar-refractivity contribution in [3.8, 4) is 17.2 Å². The third-order valence-electron chi connectivity index (χ3n) is 4.62. The summed E-state index contributed by atoms with van der Waals surface area (Å²) >= 11 is 0. The van der Waals surface area contributed by atoms with Gasteiger partial charge in [-0.25, -0.2) is 4.99 Å². The second-order valence-electron chi connectivity index (χ2n) is 6.55. The van der Waals surface area contributed by atoms with Crippen LogP contribution in [-0.2, 0) is 6.54 Å². The molecule has 1 unspecified atom stereocenters. The van der Waals surface area contributed by atoms with Crippen molar-refractivity contribution in [2.75, 3.05) is 33.5 Å². The van der Waals surface area contributed by atoms with Gasteiger partial charge in [-0.3, -0.25) is 0 Å². The Morgan fingerprint density at radius 3 is 2.55 bits per heavy atom. The first kappa shape index (κ1) is 25.5. The van der Waals surface area contributed by atoms with Gasteiger partial charge in [-0.2, -0.15) is 8.78 Å². The Labute approximate surface area is 188 Å². The number of guanidine groups is 1. The predicted octanol–water partition coefficient (Wildman–Crippen LogP) is 3.42. The smallest absolute Gasteiger partial charge is 0.387 e. The Bertz CT molecular complexity index is 665. The summed E-state index contributed by atoms with van der Waals surface area (Å²) in [5, 5.41) is 6.42. The topological polar surface area (TPSA) is 67.4 Å². The molecule has 0 amide bonds. The maximum atomic E-state index is 12.7. The number of aliphatic imine (C=N–C) groups is 1. The molecular formula is C19H31F2IN4O3. The summed E-state index contributed by atoms with van der Waals surface area (Å²) < 4.78 is 40.7. The van der Waals surface area contributed by atoms with Crippen LogP contribution in [0.3, 0.4) is 0 Å². The Balaban J connectivity index is 0.00000420. The first-order chi connectivity index (χ1) is 13.4. The van der Waals surface area contributed by atoms with E-state index in [1.807, 2.05) is 6.92 Å². The lowest BCUT2D eigenvalue weighted by atomic mass is 10.1. The number of halogens is 3. The molecule has 1 heterocycles. The molecule has 0 saturated heterocycles. The van der Waals surface area contributed by atoms with Gasteiger partial charge in [0.25, 0.3) is 0 Å². The highest BCUT2D eigenvalue weighted by Gasteiger charge is 2.20. The average molecular weight is 528 g/mol. The third kappa shape index (κ3) is 8.00. The van der Waals surface area contributed by atoms with Gasteiger partial charge in [0.1, 0.15) is 5.75 Å². The molecule has 1 aromatic carbocycles. The number of hydrogen-bond donors (Lipinski definition) is 2. The predicted molar refractivity (Wildman–Crippen MR) is 120 cm³/mol. The number of fused-ring (bicyclic) bond motifs is 1. The van der Waals surface area contributed by atoms with Gasteiger partial charge in [0.2, 0.25) is 6.79 Å². The molecule has 166 valence electrons. The summed E-state index contributed by atoms with van der Waals surface area (Å²) in [5.74, 6) is 1.54. The van der Waals surface area contributed by atoms with Crippen LogP contribution >= 0.6 is 24.0 Å². The molecule has 1 aromatic rings. The highest BCUT2D eigenvalue weighted by molar-refractivity contribution is 14.0. The Morgan fingerprint density at radius 2 is 1.93 bits per heavy atom. The van der Waals surface area contributed by atoms with Gasteiger partial charge in [0.05, 0.1) is 6.54 Å². The normalized spacial score (nSPS) is 14.0. The van der Waals surface area contributed by atoms with Crippen LogP contribution in [0.5, 0.6) is 17.2 Å². The van der Waals surface area contributed by atoms with E-state index in [4.69, 9.17) is 9.47 Å². The molecule has 29 heavy (non-hydrogen) atoms. The molecule has 0 bridgehead atoms. The SMILES string of the molecule is CCNC(=NCc1cc2c(cc1OC(F)F)OCO2)NCCN(C)C(C)CC.I. The van der Waals surface area contributed by atoms with E-state index in [0.717, 1.165) is 13.0 Å². The monoisotopic (exact) mass is 528 g/mol. The fraction of sp³-hybridized carbons (Fsp3) is 0.632. The summed E-state index contributed by atoms with van der Waals surface area (Å²) in [6, 6.07) is 3.55. The first-order valence-electron chi connectivity index (χ1n) is 9.54. The van der Waals surface area contributed by atoms with E-state index in [-0.39, 0.29) is 43.1 Å². The summed E-state index contributed by atoms with van der Waals surface area (Å²) in [4.78, 5) is 6.76. The first-order valence-corrected chi connectivity index (χ1v) is 9.54. The molecule has 10 heteroatoms. The summed E-state index contributed by atoms with van der Waals surface area (Å²) in [6.07, 6.45) is 1.09. The lowest BCUT2D eigenvalue weighted by Gasteiger charge is -2.24. The van der Waals surface area contributed by atoms with E-state index in [2.05, 4.69) is 46.2 Å². The molecular weight excluding hydrogens is 497 g/mol. The van der Waals surface area contributed by atoms with Crippen molar-refractivity contribution in [1.82, 2.24) is 15.5 Å². The van der Waals surface area contributed by atoms with Crippen molar-refractivity contribution in [3.05, 3.63) is 17.7 Å². The van der Waals surface area contributed by atoms with Crippen LogP contribution in [0.4, 0.5) is 8.78 Å². The molecule has 7 nitrogen and oxygen atoms in total. The number of ether oxygens (including phenoxy) is 3. The van der Waals surface area contributed by atoms with Gasteiger partial charge < -0.3 is 29.7 Å². The molecule has 0 saturated carbocycles. The molecule has 2 N–H and O–H groups in total. The minimum Gasteiger partial charge on any atom is -0.454 e. The standard InChI is InChI=1S/C19H30F2N4O3.HI/c1-5-13(3)25(4)8-7-23-19(22-6-2)24-11-14-9-16-17(27-12-26-16)10-15(14)28-18(20)21;/h9-10,13,18H,5-8,11-12H2,1-4H3,(H2,22,23,24);1H. The average Bonchev–Trinajstić information content (AvgIpc) is 3.11. The van der Waals surface area contributed by atoms with Gasteiger partial charge in [-0.15, -0.1) is 24.0 Å². The fourth-order valence-electron chi connectivity index (χ4n) is 2.68. The summed E-state index contributed by atoms with van der Waals surface area (Å²) in [5.41, 5.74) is 0.499. The Hall–Kier alpha value is -1.56. The van der Waals surface area contributed by atoms with Crippen LogP contribution in [0.1, 0.15) is 32.8 Å². The molecule has 1 aliphatic heterocycles. The summed E-state index contributed by atoms with van der Waals surface area (Å²) in [6.45, 7) is 5.87. The van der Waals surface area contributed by atoms with E-state index < -0.39 is 6.61 Å². The molecule has 0 spiro atoms. The van der Waals surface area contributed by atoms with Gasteiger partial charge >= 0.3 is 6.61 Å². The van der Waals surface area contributed by atoms with Gasteiger partial charge in [0, 0.05) is 37.3 Å². The minimum absolute atomic E-state index is 0. The second-order valence-corrected chi connectivity index (χ2v) is 6.55. The van der Waals surface area contributed by atoms with Gasteiger partial charge in [-0.1, -0.05) is 6.92 Å². The number of rotatable bonds is 10. The molecule has 0 aliphatic carbocycles. The van der Waals surface area contributed by atoms with E-state index in [1.165, 1.54) is 6.07 Å². The largest absolute Gasteiger partial charge is 0.454 e. The molecule has 2 rings (SSSR count). The number of nitrogens with one attached hydrogen (secondary N) is 2. The van der Waals surface area contributed by atoms with Crippen molar-refractivity contribution < 1.29 is 23.0 Å². The van der Waals surface area contributed by atoms with Crippen molar-refractivity contribution in [1.29, 1.82) is 0 Å². The van der Waals surface area contributed by atoms with Crippen LogP contribution in [0.2, 0.25) is 0 Å². The van der Waals surface area contributed by atoms with Crippen molar-refractivity contribution in [2.45, 2.75) is 46.4 Å². The van der Waals surface area contributed by atoms with E-state index >= 15 is 0 Å². The highest BCUT2D eigenvalue weighted by Crippen LogP contribution is 2.39. The number of alkyl halides is 2.